The Bertz CT molecular complexity index is 568. The zero-order chi connectivity index (χ0) is 18.4. The van der Waals surface area contributed by atoms with Crippen molar-refractivity contribution in [2.24, 2.45) is 11.8 Å². The van der Waals surface area contributed by atoms with E-state index in [0.717, 1.165) is 25.8 Å². The number of sulfone groups is 1. The van der Waals surface area contributed by atoms with E-state index < -0.39 is 9.84 Å². The summed E-state index contributed by atoms with van der Waals surface area (Å²) in [7, 11) is 1.04. The van der Waals surface area contributed by atoms with Crippen molar-refractivity contribution in [1.29, 1.82) is 0 Å². The molecular formula is C17H31N3O4S. The smallest absolute Gasteiger partial charge is 0.223 e. The lowest BCUT2D eigenvalue weighted by Gasteiger charge is -2.28. The summed E-state index contributed by atoms with van der Waals surface area (Å²) in [6, 6.07) is -0.241. The van der Waals surface area contributed by atoms with Crippen LogP contribution in [0.3, 0.4) is 0 Å². The van der Waals surface area contributed by atoms with Crippen LogP contribution in [-0.2, 0) is 19.4 Å². The van der Waals surface area contributed by atoms with E-state index in [1.54, 1.807) is 0 Å². The Morgan fingerprint density at radius 2 is 1.60 bits per heavy atom. The molecule has 2 rings (SSSR count). The van der Waals surface area contributed by atoms with Crippen molar-refractivity contribution < 1.29 is 18.0 Å². The molecule has 1 saturated carbocycles. The van der Waals surface area contributed by atoms with Crippen molar-refractivity contribution in [2.45, 2.75) is 44.6 Å². The number of carbonyl (C=O) groups excluding carboxylic acids is 2. The molecule has 2 amide bonds. The fraction of sp³-hybridized carbons (Fsp3) is 0.882. The van der Waals surface area contributed by atoms with Gasteiger partial charge in [-0.25, -0.2) is 8.42 Å². The molecule has 1 saturated heterocycles. The van der Waals surface area contributed by atoms with Gasteiger partial charge < -0.3 is 15.5 Å². The first-order valence-electron chi connectivity index (χ1n) is 9.20. The first kappa shape index (κ1) is 20.2. The quantitative estimate of drug-likeness (QED) is 0.620. The van der Waals surface area contributed by atoms with E-state index in [2.05, 4.69) is 15.5 Å². The highest BCUT2D eigenvalue weighted by atomic mass is 32.2. The van der Waals surface area contributed by atoms with Gasteiger partial charge in [0.2, 0.25) is 11.8 Å². The number of hydrogen-bond acceptors (Lipinski definition) is 5. The van der Waals surface area contributed by atoms with E-state index in [4.69, 9.17) is 0 Å². The Morgan fingerprint density at radius 1 is 1.00 bits per heavy atom. The predicted molar refractivity (Wildman–Crippen MR) is 96.8 cm³/mol. The van der Waals surface area contributed by atoms with Crippen LogP contribution in [0.2, 0.25) is 0 Å². The summed E-state index contributed by atoms with van der Waals surface area (Å²) in [4.78, 5) is 26.6. The minimum absolute atomic E-state index is 0.00438. The summed E-state index contributed by atoms with van der Waals surface area (Å²) in [5.41, 5.74) is 0. The van der Waals surface area contributed by atoms with Gasteiger partial charge in [0, 0.05) is 24.4 Å². The van der Waals surface area contributed by atoms with Gasteiger partial charge in [0.25, 0.3) is 0 Å². The Morgan fingerprint density at radius 3 is 2.12 bits per heavy atom. The number of hydrogen-bond donors (Lipinski definition) is 2. The molecule has 0 bridgehead atoms. The Labute approximate surface area is 150 Å². The summed E-state index contributed by atoms with van der Waals surface area (Å²) < 4.78 is 22.9. The van der Waals surface area contributed by atoms with Crippen LogP contribution < -0.4 is 10.6 Å². The van der Waals surface area contributed by atoms with Crippen LogP contribution >= 0.6 is 0 Å². The van der Waals surface area contributed by atoms with E-state index in [0.29, 0.717) is 25.8 Å². The second kappa shape index (κ2) is 8.98. The Balaban J connectivity index is 1.66. The third kappa shape index (κ3) is 6.58. The van der Waals surface area contributed by atoms with E-state index in [1.165, 1.54) is 0 Å². The highest BCUT2D eigenvalue weighted by Gasteiger charge is 2.33. The first-order chi connectivity index (χ1) is 11.8. The van der Waals surface area contributed by atoms with E-state index in [-0.39, 0.29) is 41.2 Å². The molecule has 0 aromatic carbocycles. The first-order valence-corrected chi connectivity index (χ1v) is 11.0. The molecule has 1 atom stereocenters. The highest BCUT2D eigenvalue weighted by molar-refractivity contribution is 7.91. The minimum Gasteiger partial charge on any atom is -0.356 e. The second-order valence-electron chi connectivity index (χ2n) is 7.60. The van der Waals surface area contributed by atoms with Crippen LogP contribution in [0.15, 0.2) is 0 Å². The summed E-state index contributed by atoms with van der Waals surface area (Å²) in [5.74, 6) is 0.171. The van der Waals surface area contributed by atoms with Gasteiger partial charge in [-0.2, -0.15) is 0 Å². The molecule has 1 unspecified atom stereocenters. The minimum atomic E-state index is -2.98. The van der Waals surface area contributed by atoms with Crippen LogP contribution in [-0.4, -0.2) is 69.9 Å². The molecule has 7 nitrogen and oxygen atoms in total. The maximum absolute atomic E-state index is 12.3. The maximum atomic E-state index is 12.3. The Hall–Kier alpha value is -1.15. The van der Waals surface area contributed by atoms with Gasteiger partial charge >= 0.3 is 0 Å². The van der Waals surface area contributed by atoms with Crippen molar-refractivity contribution in [3.05, 3.63) is 0 Å². The fourth-order valence-electron chi connectivity index (χ4n) is 3.60. The van der Waals surface area contributed by atoms with Gasteiger partial charge in [-0.15, -0.1) is 0 Å². The van der Waals surface area contributed by atoms with Crippen LogP contribution in [0, 0.1) is 11.8 Å². The summed E-state index contributed by atoms with van der Waals surface area (Å²) in [6.45, 7) is 1.64. The van der Waals surface area contributed by atoms with Gasteiger partial charge in [-0.05, 0) is 59.2 Å². The lowest BCUT2D eigenvalue weighted by molar-refractivity contribution is -0.130. The molecule has 0 radical (unpaired) electrons. The van der Waals surface area contributed by atoms with Gasteiger partial charge in [0.15, 0.2) is 9.84 Å². The predicted octanol–water partition coefficient (Wildman–Crippen LogP) is 0.164. The Kier molecular flexibility index (Phi) is 7.25. The molecule has 0 aromatic heterocycles. The van der Waals surface area contributed by atoms with Crippen molar-refractivity contribution in [3.63, 3.8) is 0 Å². The van der Waals surface area contributed by atoms with Gasteiger partial charge in [0.1, 0.15) is 0 Å². The molecule has 1 heterocycles. The zero-order valence-corrected chi connectivity index (χ0v) is 16.1. The fourth-order valence-corrected chi connectivity index (χ4v) is 5.27. The number of rotatable bonds is 7. The third-order valence-corrected chi connectivity index (χ3v) is 6.90. The monoisotopic (exact) mass is 373 g/mol. The molecule has 2 fully saturated rings. The van der Waals surface area contributed by atoms with Gasteiger partial charge in [-0.3, -0.25) is 9.59 Å². The van der Waals surface area contributed by atoms with Gasteiger partial charge in [0.05, 0.1) is 11.5 Å². The number of amides is 2. The summed E-state index contributed by atoms with van der Waals surface area (Å²) in [6.07, 6.45) is 4.28. The van der Waals surface area contributed by atoms with E-state index >= 15 is 0 Å². The molecule has 2 N–H and O–H groups in total. The lowest BCUT2D eigenvalue weighted by Crippen LogP contribution is -2.42. The molecule has 1 aliphatic carbocycles. The summed E-state index contributed by atoms with van der Waals surface area (Å²) in [5, 5.41) is 5.86. The summed E-state index contributed by atoms with van der Waals surface area (Å²) >= 11 is 0. The SMILES string of the molecule is CN(C)CCCNC(=O)C1CCC(C(=O)NC2CCS(=O)(=O)C2)CC1. The lowest BCUT2D eigenvalue weighted by atomic mass is 9.81. The van der Waals surface area contributed by atoms with Crippen LogP contribution in [0.1, 0.15) is 38.5 Å². The van der Waals surface area contributed by atoms with E-state index in [1.807, 2.05) is 14.1 Å². The van der Waals surface area contributed by atoms with Crippen LogP contribution in [0.4, 0.5) is 0 Å². The molecular weight excluding hydrogens is 342 g/mol. The molecule has 2 aliphatic rings. The largest absolute Gasteiger partial charge is 0.356 e. The topological polar surface area (TPSA) is 95.6 Å². The maximum Gasteiger partial charge on any atom is 0.223 e. The number of nitrogens with one attached hydrogen (secondary N) is 2. The van der Waals surface area contributed by atoms with Crippen molar-refractivity contribution in [3.8, 4) is 0 Å². The molecule has 25 heavy (non-hydrogen) atoms. The van der Waals surface area contributed by atoms with Crippen LogP contribution in [0.25, 0.3) is 0 Å². The second-order valence-corrected chi connectivity index (χ2v) is 9.83. The third-order valence-electron chi connectivity index (χ3n) is 5.13. The number of nitrogens with zero attached hydrogens (tertiary/aromatic N) is 1. The average molecular weight is 374 g/mol. The number of carbonyl (C=O) groups is 2. The normalized spacial score (nSPS) is 28.7. The van der Waals surface area contributed by atoms with Crippen molar-refractivity contribution >= 4 is 21.7 Å². The molecule has 144 valence electrons. The van der Waals surface area contributed by atoms with Crippen molar-refractivity contribution in [1.82, 2.24) is 15.5 Å². The standard InChI is InChI=1S/C17H31N3O4S/c1-20(2)10-3-9-18-16(21)13-4-6-14(7-5-13)17(22)19-15-8-11-25(23,24)12-15/h13-15H,3-12H2,1-2H3,(H,18,21)(H,19,22). The highest BCUT2D eigenvalue weighted by Crippen LogP contribution is 2.29. The molecule has 0 spiro atoms. The van der Waals surface area contributed by atoms with Crippen LogP contribution in [0.5, 0.6) is 0 Å². The zero-order valence-electron chi connectivity index (χ0n) is 15.3. The van der Waals surface area contributed by atoms with E-state index in [9.17, 15) is 18.0 Å². The van der Waals surface area contributed by atoms with Crippen molar-refractivity contribution in [2.75, 3.05) is 38.7 Å². The average Bonchev–Trinajstić information content (AvgIpc) is 2.90. The molecule has 0 aromatic rings. The molecule has 1 aliphatic heterocycles. The molecule has 8 heteroatoms. The van der Waals surface area contributed by atoms with Gasteiger partial charge in [-0.1, -0.05) is 0 Å².